The standard InChI is InChI=1S/C13H14F3IN2O.ClH/c1-8-7-18-2-3-19(8)12(20)9-4-10(13(14,15)16)6-11(17)5-9;/h4-6,8,18H,2-3,7H2,1H3;1H/t8-;/m0./s1. The van der Waals surface area contributed by atoms with E-state index < -0.39 is 11.7 Å². The molecule has 0 aliphatic carbocycles. The van der Waals surface area contributed by atoms with Crippen molar-refractivity contribution < 1.29 is 18.0 Å². The van der Waals surface area contributed by atoms with E-state index in [1.807, 2.05) is 6.92 Å². The topological polar surface area (TPSA) is 32.3 Å². The van der Waals surface area contributed by atoms with Crippen LogP contribution in [0, 0.1) is 3.57 Å². The lowest BCUT2D eigenvalue weighted by Crippen LogP contribution is -2.52. The number of alkyl halides is 3. The second-order valence-corrected chi connectivity index (χ2v) is 6.02. The Bertz CT molecular complexity index is 525. The second kappa shape index (κ2) is 7.15. The molecule has 1 atom stereocenters. The van der Waals surface area contributed by atoms with Crippen molar-refractivity contribution in [3.05, 3.63) is 32.9 Å². The van der Waals surface area contributed by atoms with Crippen molar-refractivity contribution in [3.8, 4) is 0 Å². The summed E-state index contributed by atoms with van der Waals surface area (Å²) in [5.74, 6) is -0.344. The van der Waals surface area contributed by atoms with Crippen molar-refractivity contribution in [1.82, 2.24) is 10.2 Å². The Morgan fingerprint density at radius 2 is 2.05 bits per heavy atom. The van der Waals surface area contributed by atoms with E-state index in [9.17, 15) is 18.0 Å². The van der Waals surface area contributed by atoms with Gasteiger partial charge >= 0.3 is 6.18 Å². The summed E-state index contributed by atoms with van der Waals surface area (Å²) < 4.78 is 38.8. The number of carbonyl (C=O) groups excluding carboxylic acids is 1. The average Bonchev–Trinajstić information content (AvgIpc) is 2.37. The zero-order valence-electron chi connectivity index (χ0n) is 11.2. The van der Waals surface area contributed by atoms with Crippen molar-refractivity contribution in [2.24, 2.45) is 0 Å². The van der Waals surface area contributed by atoms with Gasteiger partial charge in [-0.25, -0.2) is 0 Å². The first-order valence-corrected chi connectivity index (χ1v) is 7.26. The Balaban J connectivity index is 0.00000220. The molecule has 1 aliphatic heterocycles. The number of nitrogens with one attached hydrogen (secondary N) is 1. The predicted molar refractivity (Wildman–Crippen MR) is 84.8 cm³/mol. The Hall–Kier alpha value is -0.540. The minimum Gasteiger partial charge on any atom is -0.333 e. The highest BCUT2D eigenvalue weighted by molar-refractivity contribution is 14.1. The maximum absolute atomic E-state index is 12.8. The number of halogens is 5. The molecule has 1 fully saturated rings. The zero-order chi connectivity index (χ0) is 14.9. The summed E-state index contributed by atoms with van der Waals surface area (Å²) >= 11 is 1.80. The largest absolute Gasteiger partial charge is 0.416 e. The maximum Gasteiger partial charge on any atom is 0.416 e. The van der Waals surface area contributed by atoms with Gasteiger partial charge in [-0.1, -0.05) is 0 Å². The fourth-order valence-electron chi connectivity index (χ4n) is 2.19. The fraction of sp³-hybridized carbons (Fsp3) is 0.462. The molecule has 0 unspecified atom stereocenters. The molecule has 2 rings (SSSR count). The van der Waals surface area contributed by atoms with Gasteiger partial charge in [-0.2, -0.15) is 13.2 Å². The lowest BCUT2D eigenvalue weighted by Gasteiger charge is -2.34. The van der Waals surface area contributed by atoms with Crippen molar-refractivity contribution in [1.29, 1.82) is 0 Å². The molecule has 8 heteroatoms. The van der Waals surface area contributed by atoms with E-state index in [4.69, 9.17) is 0 Å². The van der Waals surface area contributed by atoms with Crippen LogP contribution in [0.5, 0.6) is 0 Å². The van der Waals surface area contributed by atoms with Gasteiger partial charge in [0.2, 0.25) is 0 Å². The molecule has 21 heavy (non-hydrogen) atoms. The first-order valence-electron chi connectivity index (χ1n) is 6.18. The molecule has 1 heterocycles. The van der Waals surface area contributed by atoms with E-state index in [0.29, 0.717) is 23.2 Å². The normalized spacial score (nSPS) is 19.1. The third-order valence-corrected chi connectivity index (χ3v) is 3.86. The lowest BCUT2D eigenvalue weighted by atomic mass is 10.1. The smallest absolute Gasteiger partial charge is 0.333 e. The number of carbonyl (C=O) groups is 1. The van der Waals surface area contributed by atoms with E-state index >= 15 is 0 Å². The number of amides is 1. The number of piperazine rings is 1. The first-order chi connectivity index (χ1) is 9.29. The fourth-order valence-corrected chi connectivity index (χ4v) is 2.86. The van der Waals surface area contributed by atoms with Gasteiger partial charge in [0.05, 0.1) is 5.56 Å². The minimum atomic E-state index is -4.44. The van der Waals surface area contributed by atoms with Crippen LogP contribution in [0.15, 0.2) is 18.2 Å². The molecule has 1 aromatic rings. The van der Waals surface area contributed by atoms with E-state index in [1.165, 1.54) is 6.07 Å². The molecule has 1 N–H and O–H groups in total. The summed E-state index contributed by atoms with van der Waals surface area (Å²) in [5.41, 5.74) is -0.687. The van der Waals surface area contributed by atoms with Gasteiger partial charge in [-0.15, -0.1) is 12.4 Å². The molecule has 1 aromatic carbocycles. The van der Waals surface area contributed by atoms with E-state index in [0.717, 1.165) is 12.1 Å². The van der Waals surface area contributed by atoms with Gasteiger partial charge < -0.3 is 10.2 Å². The molecule has 1 aliphatic rings. The highest BCUT2D eigenvalue weighted by Gasteiger charge is 2.32. The molecule has 1 amide bonds. The van der Waals surface area contributed by atoms with Crippen LogP contribution in [0.2, 0.25) is 0 Å². The summed E-state index contributed by atoms with van der Waals surface area (Å²) in [7, 11) is 0. The van der Waals surface area contributed by atoms with Crippen LogP contribution in [0.3, 0.4) is 0 Å². The zero-order valence-corrected chi connectivity index (χ0v) is 14.2. The van der Waals surface area contributed by atoms with Crippen LogP contribution in [0.4, 0.5) is 13.2 Å². The van der Waals surface area contributed by atoms with Gasteiger partial charge in [0.1, 0.15) is 0 Å². The minimum absolute atomic E-state index is 0. The van der Waals surface area contributed by atoms with Crippen LogP contribution >= 0.6 is 35.0 Å². The molecule has 0 radical (unpaired) electrons. The van der Waals surface area contributed by atoms with Crippen molar-refractivity contribution >= 4 is 40.9 Å². The van der Waals surface area contributed by atoms with E-state index in [1.54, 1.807) is 27.5 Å². The van der Waals surface area contributed by atoms with Gasteiger partial charge in [0.15, 0.2) is 0 Å². The third kappa shape index (κ3) is 4.46. The van der Waals surface area contributed by atoms with Gasteiger partial charge in [-0.3, -0.25) is 4.79 Å². The van der Waals surface area contributed by atoms with Gasteiger partial charge in [0, 0.05) is 34.8 Å². The summed E-state index contributed by atoms with van der Waals surface area (Å²) in [6.45, 7) is 3.70. The number of rotatable bonds is 1. The molecule has 1 saturated heterocycles. The number of benzene rings is 1. The van der Waals surface area contributed by atoms with E-state index in [-0.39, 0.29) is 29.9 Å². The van der Waals surface area contributed by atoms with Crippen molar-refractivity contribution in [2.45, 2.75) is 19.1 Å². The van der Waals surface area contributed by atoms with Crippen LogP contribution in [0.1, 0.15) is 22.8 Å². The number of nitrogens with zero attached hydrogens (tertiary/aromatic N) is 1. The van der Waals surface area contributed by atoms with Crippen LogP contribution in [-0.2, 0) is 6.18 Å². The molecule has 3 nitrogen and oxygen atoms in total. The summed E-state index contributed by atoms with van der Waals surface area (Å²) in [4.78, 5) is 14.0. The second-order valence-electron chi connectivity index (χ2n) is 4.78. The Morgan fingerprint density at radius 3 is 2.62 bits per heavy atom. The number of hydrogen-bond donors (Lipinski definition) is 1. The van der Waals surface area contributed by atoms with Gasteiger partial charge in [0.25, 0.3) is 5.91 Å². The summed E-state index contributed by atoms with van der Waals surface area (Å²) in [6, 6.07) is 3.44. The summed E-state index contributed by atoms with van der Waals surface area (Å²) in [5, 5.41) is 3.14. The Morgan fingerprint density at radius 1 is 1.38 bits per heavy atom. The Kier molecular flexibility index (Phi) is 6.30. The van der Waals surface area contributed by atoms with Gasteiger partial charge in [-0.05, 0) is 47.7 Å². The van der Waals surface area contributed by atoms with Crippen LogP contribution < -0.4 is 5.32 Å². The molecule has 0 saturated carbocycles. The molecular weight excluding hydrogens is 420 g/mol. The molecule has 0 spiro atoms. The van der Waals surface area contributed by atoms with Crippen molar-refractivity contribution in [3.63, 3.8) is 0 Å². The quantitative estimate of drug-likeness (QED) is 0.689. The highest BCUT2D eigenvalue weighted by atomic mass is 127. The lowest BCUT2D eigenvalue weighted by molar-refractivity contribution is -0.137. The Labute approximate surface area is 140 Å². The van der Waals surface area contributed by atoms with E-state index in [2.05, 4.69) is 5.32 Å². The monoisotopic (exact) mass is 434 g/mol. The van der Waals surface area contributed by atoms with Crippen LogP contribution in [0.25, 0.3) is 0 Å². The SMILES string of the molecule is C[C@H]1CNCCN1C(=O)c1cc(I)cc(C(F)(F)F)c1.Cl. The van der Waals surface area contributed by atoms with Crippen molar-refractivity contribution in [2.75, 3.05) is 19.6 Å². The molecular formula is C13H15ClF3IN2O. The maximum atomic E-state index is 12.8. The molecule has 0 bridgehead atoms. The number of hydrogen-bond acceptors (Lipinski definition) is 2. The van der Waals surface area contributed by atoms with Crippen LogP contribution in [-0.4, -0.2) is 36.5 Å². The first kappa shape index (κ1) is 18.5. The third-order valence-electron chi connectivity index (χ3n) is 3.23. The average molecular weight is 435 g/mol. The summed E-state index contributed by atoms with van der Waals surface area (Å²) in [6.07, 6.45) is -4.44. The molecule has 0 aromatic heterocycles. The predicted octanol–water partition coefficient (Wildman–Crippen LogP) is 3.17. The molecule has 118 valence electrons. The highest BCUT2D eigenvalue weighted by Crippen LogP contribution is 2.31.